The molecule has 0 fully saturated rings. The van der Waals surface area contributed by atoms with E-state index < -0.39 is 5.41 Å². The van der Waals surface area contributed by atoms with Crippen molar-refractivity contribution in [1.29, 1.82) is 0 Å². The lowest BCUT2D eigenvalue weighted by atomic mass is 9.73. The number of nitrogens with zero attached hydrogens (tertiary/aromatic N) is 2. The molecule has 3 aromatic rings. The average Bonchev–Trinajstić information content (AvgIpc) is 3.31. The van der Waals surface area contributed by atoms with Gasteiger partial charge in [0.05, 0.1) is 12.0 Å². The predicted molar refractivity (Wildman–Crippen MR) is 110 cm³/mol. The summed E-state index contributed by atoms with van der Waals surface area (Å²) in [5.74, 6) is -0.188. The summed E-state index contributed by atoms with van der Waals surface area (Å²) in [5, 5.41) is 5.65. The third kappa shape index (κ3) is 3.31. The van der Waals surface area contributed by atoms with E-state index in [0.29, 0.717) is 13.0 Å². The van der Waals surface area contributed by atoms with E-state index in [2.05, 4.69) is 10.3 Å². The number of amides is 2. The van der Waals surface area contributed by atoms with E-state index in [9.17, 15) is 9.59 Å². The molecule has 142 valence electrons. The normalized spacial score (nSPS) is 18.2. The lowest BCUT2D eigenvalue weighted by Gasteiger charge is -2.28. The number of para-hydroxylation sites is 1. The molecule has 2 aromatic carbocycles. The first-order valence-corrected chi connectivity index (χ1v) is 10.0. The molecule has 0 saturated heterocycles. The van der Waals surface area contributed by atoms with Crippen LogP contribution in [0.3, 0.4) is 0 Å². The molecule has 0 unspecified atom stereocenters. The fourth-order valence-corrected chi connectivity index (χ4v) is 4.47. The van der Waals surface area contributed by atoms with E-state index in [1.54, 1.807) is 18.1 Å². The van der Waals surface area contributed by atoms with Gasteiger partial charge in [-0.3, -0.25) is 9.59 Å². The summed E-state index contributed by atoms with van der Waals surface area (Å²) in [6, 6.07) is 17.6. The van der Waals surface area contributed by atoms with Gasteiger partial charge in [-0.15, -0.1) is 11.3 Å². The first-order valence-electron chi connectivity index (χ1n) is 9.17. The molecule has 0 bridgehead atoms. The minimum Gasteiger partial charge on any atom is -0.350 e. The van der Waals surface area contributed by atoms with Crippen LogP contribution in [0.25, 0.3) is 0 Å². The summed E-state index contributed by atoms with van der Waals surface area (Å²) in [6.07, 6.45) is 2.31. The Morgan fingerprint density at radius 3 is 2.64 bits per heavy atom. The van der Waals surface area contributed by atoms with Gasteiger partial charge in [-0.25, -0.2) is 4.98 Å². The summed E-state index contributed by atoms with van der Waals surface area (Å²) in [6.45, 7) is 0.379. The Morgan fingerprint density at radius 1 is 1.14 bits per heavy atom. The van der Waals surface area contributed by atoms with Gasteiger partial charge < -0.3 is 10.2 Å². The average molecular weight is 391 g/mol. The molecule has 5 nitrogen and oxygen atoms in total. The smallest absolute Gasteiger partial charge is 0.238 e. The highest BCUT2D eigenvalue weighted by atomic mass is 32.1. The number of anilines is 1. The Balaban J connectivity index is 1.66. The van der Waals surface area contributed by atoms with Crippen LogP contribution in [0.15, 0.2) is 66.2 Å². The van der Waals surface area contributed by atoms with Crippen molar-refractivity contribution in [2.75, 3.05) is 11.9 Å². The van der Waals surface area contributed by atoms with Crippen molar-refractivity contribution in [2.45, 2.75) is 24.8 Å². The summed E-state index contributed by atoms with van der Waals surface area (Å²) >= 11 is 1.50. The van der Waals surface area contributed by atoms with Gasteiger partial charge >= 0.3 is 0 Å². The zero-order valence-corrected chi connectivity index (χ0v) is 16.4. The number of thiazole rings is 1. The predicted octanol–water partition coefficient (Wildman–Crippen LogP) is 3.31. The van der Waals surface area contributed by atoms with Crippen LogP contribution in [0, 0.1) is 0 Å². The van der Waals surface area contributed by atoms with Gasteiger partial charge in [0.15, 0.2) is 0 Å². The van der Waals surface area contributed by atoms with Crippen molar-refractivity contribution in [3.63, 3.8) is 0 Å². The number of carbonyl (C=O) groups excluding carboxylic acids is 2. The zero-order valence-electron chi connectivity index (χ0n) is 15.6. The number of fused-ring (bicyclic) bond motifs is 1. The first kappa shape index (κ1) is 18.4. The molecule has 1 aromatic heterocycles. The van der Waals surface area contributed by atoms with E-state index in [-0.39, 0.29) is 18.2 Å². The van der Waals surface area contributed by atoms with Crippen molar-refractivity contribution in [1.82, 2.24) is 10.3 Å². The minimum absolute atomic E-state index is 0.0399. The van der Waals surface area contributed by atoms with Crippen LogP contribution >= 0.6 is 11.3 Å². The van der Waals surface area contributed by atoms with Crippen molar-refractivity contribution >= 4 is 28.8 Å². The van der Waals surface area contributed by atoms with Crippen molar-refractivity contribution in [3.05, 3.63) is 82.3 Å². The van der Waals surface area contributed by atoms with Crippen molar-refractivity contribution in [3.8, 4) is 0 Å². The molecule has 0 radical (unpaired) electrons. The zero-order chi connectivity index (χ0) is 19.6. The molecular formula is C22H21N3O2S. The SMILES string of the molecule is CN1C(=O)[C@](CC(=O)NCc2nccs2)(Cc2ccccc2)c2ccccc21. The topological polar surface area (TPSA) is 62.3 Å². The van der Waals surface area contributed by atoms with Gasteiger partial charge in [0, 0.05) is 30.7 Å². The van der Waals surface area contributed by atoms with Gasteiger partial charge in [-0.2, -0.15) is 0 Å². The maximum absolute atomic E-state index is 13.4. The van der Waals surface area contributed by atoms with Crippen LogP contribution in [-0.4, -0.2) is 23.8 Å². The molecule has 2 heterocycles. The summed E-state index contributed by atoms with van der Waals surface area (Å²) in [7, 11) is 1.78. The second-order valence-electron chi connectivity index (χ2n) is 7.01. The lowest BCUT2D eigenvalue weighted by Crippen LogP contribution is -2.44. The molecule has 0 saturated carbocycles. The van der Waals surface area contributed by atoms with Crippen LogP contribution < -0.4 is 10.2 Å². The van der Waals surface area contributed by atoms with Crippen LogP contribution in [0.1, 0.15) is 22.6 Å². The van der Waals surface area contributed by atoms with Crippen LogP contribution in [0.4, 0.5) is 5.69 Å². The fraction of sp³-hybridized carbons (Fsp3) is 0.227. The van der Waals surface area contributed by atoms with Crippen molar-refractivity contribution in [2.24, 2.45) is 0 Å². The molecule has 1 aliphatic rings. The van der Waals surface area contributed by atoms with Gasteiger partial charge in [0.25, 0.3) is 0 Å². The van der Waals surface area contributed by atoms with E-state index in [4.69, 9.17) is 0 Å². The van der Waals surface area contributed by atoms with E-state index >= 15 is 0 Å². The van der Waals surface area contributed by atoms with E-state index in [1.165, 1.54) is 11.3 Å². The number of aromatic nitrogens is 1. The Kier molecular flexibility index (Phi) is 4.96. The molecule has 4 rings (SSSR count). The number of nitrogens with one attached hydrogen (secondary N) is 1. The highest BCUT2D eigenvalue weighted by Gasteiger charge is 2.50. The molecule has 1 atom stereocenters. The van der Waals surface area contributed by atoms with Gasteiger partial charge in [0.2, 0.25) is 11.8 Å². The number of hydrogen-bond acceptors (Lipinski definition) is 4. The molecule has 0 aliphatic carbocycles. The number of hydrogen-bond donors (Lipinski definition) is 1. The Morgan fingerprint density at radius 2 is 1.89 bits per heavy atom. The number of rotatable bonds is 6. The number of carbonyl (C=O) groups is 2. The number of benzene rings is 2. The second kappa shape index (κ2) is 7.56. The summed E-state index contributed by atoms with van der Waals surface area (Å²) in [5.41, 5.74) is 1.92. The third-order valence-corrected chi connectivity index (χ3v) is 6.01. The third-order valence-electron chi connectivity index (χ3n) is 5.23. The van der Waals surface area contributed by atoms with Gasteiger partial charge in [-0.1, -0.05) is 48.5 Å². The Bertz CT molecular complexity index is 988. The summed E-state index contributed by atoms with van der Waals surface area (Å²) in [4.78, 5) is 32.1. The van der Waals surface area contributed by atoms with Gasteiger partial charge in [0.1, 0.15) is 5.01 Å². The van der Waals surface area contributed by atoms with Crippen LogP contribution in [-0.2, 0) is 28.0 Å². The van der Waals surface area contributed by atoms with Crippen molar-refractivity contribution < 1.29 is 9.59 Å². The maximum Gasteiger partial charge on any atom is 0.238 e. The monoisotopic (exact) mass is 391 g/mol. The Labute approximate surface area is 168 Å². The lowest BCUT2D eigenvalue weighted by molar-refractivity contribution is -0.129. The molecule has 1 aliphatic heterocycles. The summed E-state index contributed by atoms with van der Waals surface area (Å²) < 4.78 is 0. The van der Waals surface area contributed by atoms with Crippen LogP contribution in [0.2, 0.25) is 0 Å². The highest BCUT2D eigenvalue weighted by molar-refractivity contribution is 7.09. The van der Waals surface area contributed by atoms with E-state index in [1.807, 2.05) is 60.0 Å². The Hall–Kier alpha value is -2.99. The first-order chi connectivity index (χ1) is 13.6. The molecule has 2 amide bonds. The molecular weight excluding hydrogens is 370 g/mol. The minimum atomic E-state index is -0.903. The standard InChI is InChI=1S/C22H21N3O2S/c1-25-18-10-6-5-9-17(18)22(21(25)27,13-16-7-3-2-4-8-16)14-19(26)24-15-20-23-11-12-28-20/h2-12H,13-15H2,1H3,(H,24,26)/t22-/m0/s1. The fourth-order valence-electron chi connectivity index (χ4n) is 3.92. The quantitative estimate of drug-likeness (QED) is 0.701. The maximum atomic E-state index is 13.4. The number of likely N-dealkylation sites (N-methyl/N-ethyl adjacent to an activating group) is 1. The second-order valence-corrected chi connectivity index (χ2v) is 7.98. The van der Waals surface area contributed by atoms with Gasteiger partial charge in [-0.05, 0) is 23.6 Å². The molecule has 0 spiro atoms. The highest BCUT2D eigenvalue weighted by Crippen LogP contribution is 2.45. The largest absolute Gasteiger partial charge is 0.350 e. The van der Waals surface area contributed by atoms with E-state index in [0.717, 1.165) is 21.8 Å². The van der Waals surface area contributed by atoms with Crippen LogP contribution in [0.5, 0.6) is 0 Å². The molecule has 28 heavy (non-hydrogen) atoms. The molecule has 6 heteroatoms. The molecule has 1 N–H and O–H groups in total.